The molecule has 2 aliphatic heterocycles. The van der Waals surface area contributed by atoms with Crippen molar-refractivity contribution >= 4 is 130 Å². The van der Waals surface area contributed by atoms with Gasteiger partial charge < -0.3 is 81.6 Å². The molecule has 36 heteroatoms. The van der Waals surface area contributed by atoms with Crippen LogP contribution in [0, 0.1) is 0 Å². The summed E-state index contributed by atoms with van der Waals surface area (Å²) in [7, 11) is 3.17. The number of halogens is 4. The molecule has 0 aliphatic carbocycles. The van der Waals surface area contributed by atoms with Crippen LogP contribution in [0.3, 0.4) is 0 Å². The molecular formula is C104H127Cl4N17O14S. The van der Waals surface area contributed by atoms with E-state index in [1.807, 2.05) is 231 Å². The normalized spacial score (nSPS) is 13.0. The first kappa shape index (κ1) is 105. The summed E-state index contributed by atoms with van der Waals surface area (Å²) in [6.07, 6.45) is 9.59. The van der Waals surface area contributed by atoms with E-state index in [0.717, 1.165) is 150 Å². The Balaban J connectivity index is 0.000000148. The van der Waals surface area contributed by atoms with Gasteiger partial charge in [-0.3, -0.25) is 9.80 Å². The molecule has 0 amide bonds. The van der Waals surface area contributed by atoms with Crippen molar-refractivity contribution in [2.75, 3.05) is 116 Å². The molecule has 3 N–H and O–H groups in total. The number of thiazole rings is 1. The lowest BCUT2D eigenvalue weighted by Gasteiger charge is -2.26. The van der Waals surface area contributed by atoms with Crippen molar-refractivity contribution in [2.24, 2.45) is 0 Å². The van der Waals surface area contributed by atoms with Crippen LogP contribution in [-0.4, -0.2) is 218 Å². The number of aromatic nitrogens is 12. The fraction of sp³-hybridized carbons (Fsp3) is 0.423. The van der Waals surface area contributed by atoms with Crippen molar-refractivity contribution in [3.05, 3.63) is 171 Å². The predicted molar refractivity (Wildman–Crippen MR) is 559 cm³/mol. The zero-order valence-electron chi connectivity index (χ0n) is 83.3. The number of nitrogens with one attached hydrogen (secondary N) is 3. The fourth-order valence-corrected chi connectivity index (χ4v) is 16.7. The minimum Gasteiger partial charge on any atom is -0.495 e. The lowest BCUT2D eigenvalue weighted by Crippen LogP contribution is -2.38. The minimum atomic E-state index is -0.0119. The summed E-state index contributed by atoms with van der Waals surface area (Å²) in [6.45, 7) is 48.8. The van der Waals surface area contributed by atoms with Gasteiger partial charge in [0.05, 0.1) is 127 Å². The Labute approximate surface area is 841 Å². The maximum Gasteiger partial charge on any atom is 0.295 e. The van der Waals surface area contributed by atoms with Crippen molar-refractivity contribution in [1.29, 1.82) is 0 Å². The van der Waals surface area contributed by atoms with Gasteiger partial charge in [0.25, 0.3) is 12.0 Å². The number of oxazole rings is 2. The second-order valence-electron chi connectivity index (χ2n) is 35.7. The number of pyridine rings is 5. The molecule has 0 atom stereocenters. The molecule has 15 aromatic rings. The van der Waals surface area contributed by atoms with Crippen LogP contribution in [0.2, 0.25) is 20.1 Å². The SMILES string of the molecule is CC(C)Nc1ccn(-c2cc(OC(C)C)c3ccc(OCCN4CCOCC4)cc3n2)n1.CC(C)Nc1nc(-c2cc(OC(C)C)c3ccc(OCCN4CCOCC4)c(Cl)c3n2)co1.CCCOc1ccc2c(OC(C)C)cc(-c3coc(NC(C)C)n3)nc2c1Cl.COc1ccc2c(OC(C)C)cc(-c3csc(C(C)C)n3)nc2c1Cl.COc1ccc2c(OC(C)C)cc(-n3cccn3)nc2c1Cl. The summed E-state index contributed by atoms with van der Waals surface area (Å²) in [5, 5.41) is 27.7. The van der Waals surface area contributed by atoms with Crippen LogP contribution >= 0.6 is 57.7 Å². The molecule has 0 unspecified atom stereocenters. The second kappa shape index (κ2) is 49.9. The first-order chi connectivity index (χ1) is 67.3. The summed E-state index contributed by atoms with van der Waals surface area (Å²) in [5.41, 5.74) is 7.36. The van der Waals surface area contributed by atoms with Crippen LogP contribution in [0.15, 0.2) is 155 Å². The van der Waals surface area contributed by atoms with Crippen molar-refractivity contribution in [2.45, 2.75) is 193 Å². The fourth-order valence-electron chi connectivity index (χ4n) is 14.7. The molecule has 31 nitrogen and oxygen atoms in total. The van der Waals surface area contributed by atoms with Crippen LogP contribution < -0.4 is 63.3 Å². The van der Waals surface area contributed by atoms with Gasteiger partial charge in [-0.15, -0.1) is 16.4 Å². The van der Waals surface area contributed by atoms with Crippen LogP contribution in [0.25, 0.3) is 100 Å². The Morgan fingerprint density at radius 3 is 1.22 bits per heavy atom. The number of morpholine rings is 2. The van der Waals surface area contributed by atoms with Gasteiger partial charge in [0.1, 0.15) is 126 Å². The van der Waals surface area contributed by atoms with E-state index in [1.54, 1.807) is 53.6 Å². The summed E-state index contributed by atoms with van der Waals surface area (Å²) in [4.78, 5) is 42.1. The molecular weight excluding hydrogens is 1890 g/mol. The van der Waals surface area contributed by atoms with E-state index in [-0.39, 0.29) is 42.6 Å². The van der Waals surface area contributed by atoms with Crippen LogP contribution in [0.5, 0.6) is 57.5 Å². The monoisotopic (exact) mass is 2010 g/mol. The Morgan fingerprint density at radius 1 is 0.393 bits per heavy atom. The first-order valence-corrected chi connectivity index (χ1v) is 49.8. The molecule has 0 radical (unpaired) electrons. The molecule has 10 aromatic heterocycles. The lowest BCUT2D eigenvalue weighted by molar-refractivity contribution is 0.0322. The van der Waals surface area contributed by atoms with Crippen LogP contribution in [-0.2, 0) is 9.47 Å². The molecule has 17 rings (SSSR count). The van der Waals surface area contributed by atoms with Gasteiger partial charge in [-0.1, -0.05) is 67.2 Å². The third-order valence-corrected chi connectivity index (χ3v) is 23.6. The minimum absolute atomic E-state index is 0.00345. The zero-order chi connectivity index (χ0) is 100.0. The predicted octanol–water partition coefficient (Wildman–Crippen LogP) is 24.3. The van der Waals surface area contributed by atoms with E-state index in [4.69, 9.17) is 137 Å². The van der Waals surface area contributed by atoms with Crippen LogP contribution in [0.4, 0.5) is 17.8 Å². The van der Waals surface area contributed by atoms with E-state index >= 15 is 0 Å². The number of hydrogen-bond acceptors (Lipinski definition) is 30. The lowest BCUT2D eigenvalue weighted by atomic mass is 10.1. The van der Waals surface area contributed by atoms with E-state index in [0.29, 0.717) is 155 Å². The third-order valence-electron chi connectivity index (χ3n) is 21.0. The number of methoxy groups -OCH3 is 2. The average Bonchev–Trinajstić information content (AvgIpc) is 1.19. The summed E-state index contributed by atoms with van der Waals surface area (Å²) in [6, 6.07) is 35.9. The molecule has 2 fully saturated rings. The quantitative estimate of drug-likeness (QED) is 0.0332. The van der Waals surface area contributed by atoms with Gasteiger partial charge in [0.2, 0.25) is 0 Å². The highest BCUT2D eigenvalue weighted by Crippen LogP contribution is 2.45. The Morgan fingerprint density at radius 2 is 0.800 bits per heavy atom. The smallest absolute Gasteiger partial charge is 0.295 e. The molecule has 140 heavy (non-hydrogen) atoms. The molecule has 5 aromatic carbocycles. The topological polar surface area (TPSA) is 318 Å². The number of rotatable bonds is 35. The number of hydrogen-bond donors (Lipinski definition) is 3. The Bertz CT molecular complexity index is 6580. The van der Waals surface area contributed by atoms with E-state index in [9.17, 15) is 0 Å². The Hall–Kier alpha value is -12.0. The second-order valence-corrected chi connectivity index (χ2v) is 38.1. The number of nitrogens with zero attached hydrogens (tertiary/aromatic N) is 14. The molecule has 2 aliphatic rings. The van der Waals surface area contributed by atoms with Crippen molar-refractivity contribution in [3.8, 4) is 103 Å². The molecule has 0 bridgehead atoms. The van der Waals surface area contributed by atoms with Gasteiger partial charge in [-0.05, 0) is 184 Å². The highest BCUT2D eigenvalue weighted by Gasteiger charge is 2.26. The highest BCUT2D eigenvalue weighted by molar-refractivity contribution is 7.10. The number of benzene rings is 5. The summed E-state index contributed by atoms with van der Waals surface area (Å²) in [5.74, 6) is 9.36. The van der Waals surface area contributed by atoms with Gasteiger partial charge in [-0.2, -0.15) is 15.1 Å². The van der Waals surface area contributed by atoms with Gasteiger partial charge in [-0.25, -0.2) is 39.3 Å². The van der Waals surface area contributed by atoms with Crippen molar-refractivity contribution < 1.29 is 65.7 Å². The summed E-state index contributed by atoms with van der Waals surface area (Å²) < 4.78 is 83.8. The molecule has 0 spiro atoms. The summed E-state index contributed by atoms with van der Waals surface area (Å²) >= 11 is 27.9. The average molecular weight is 2010 g/mol. The highest BCUT2D eigenvalue weighted by atomic mass is 35.5. The van der Waals surface area contributed by atoms with Gasteiger partial charge >= 0.3 is 0 Å². The maximum atomic E-state index is 6.77. The van der Waals surface area contributed by atoms with E-state index < -0.39 is 0 Å². The molecule has 0 saturated carbocycles. The maximum absolute atomic E-state index is 6.77. The van der Waals surface area contributed by atoms with Gasteiger partial charge in [0, 0.05) is 157 Å². The standard InChI is InChI=1S/C24H31ClN4O4.C24H33N5O3.C21H26ClN3O3.C19H21ClN2O2S.C16H16ClN3O2/c1-15(2)26-24-28-19(14-32-24)18-13-21(33-16(3)4)17-5-6-20(22(25)23(17)27-18)31-12-9-29-7-10-30-11-8-29;1-17(2)25-23-7-8-29(27-23)24-16-22(32-18(3)4)20-6-5-19(15-21(20)26-24)31-14-11-28-9-12-30-13-10-28;1-6-9-26-17-8-7-14-18(28-13(4)5)10-15(24-20(14)19(17)22)16-11-27-21(25-16)23-12(2)3;1-10(2)19-22-14(9-25-19)13-8-16(24-11(3)4)12-6-7-15(23-5)17(20)18(12)21-13;1-10(2)22-13-9-14(20-8-4-7-18-20)19-16-11(13)5-6-12(21-3)15(16)17/h5-6,13-16H,7-12H2,1-4H3,(H,26,28);5-8,15-18H,9-14H2,1-4H3,(H,25,27);7-8,10-13H,6,9H2,1-5H3,(H,23,25);6-11H,1-5H3;4-10H,1-3H3. The van der Waals surface area contributed by atoms with Crippen molar-refractivity contribution in [3.63, 3.8) is 0 Å². The largest absolute Gasteiger partial charge is 0.495 e. The number of fused-ring (bicyclic) bond motifs is 5. The van der Waals surface area contributed by atoms with Crippen molar-refractivity contribution in [1.82, 2.24) is 69.2 Å². The van der Waals surface area contributed by atoms with Crippen LogP contribution in [0.1, 0.15) is 149 Å². The number of anilines is 3. The first-order valence-electron chi connectivity index (χ1n) is 47.4. The molecule has 746 valence electrons. The zero-order valence-corrected chi connectivity index (χ0v) is 87.2. The van der Waals surface area contributed by atoms with E-state index in [1.165, 1.54) is 0 Å². The van der Waals surface area contributed by atoms with Gasteiger partial charge in [0.15, 0.2) is 11.6 Å². The number of ether oxygens (including phenoxy) is 12. The van der Waals surface area contributed by atoms with E-state index in [2.05, 4.69) is 78.6 Å². The Kier molecular flexibility index (Phi) is 37.6. The molecule has 2 saturated heterocycles. The molecule has 12 heterocycles. The third kappa shape index (κ3) is 28.3.